The molecule has 2 aliphatic carbocycles. The van der Waals surface area contributed by atoms with Crippen molar-refractivity contribution in [2.75, 3.05) is 0 Å². The molecule has 4 aromatic rings. The van der Waals surface area contributed by atoms with Gasteiger partial charge in [-0.1, -0.05) is 152 Å². The first-order chi connectivity index (χ1) is 17.0. The molecule has 0 saturated heterocycles. The minimum absolute atomic E-state index is 0.214. The van der Waals surface area contributed by atoms with Crippen molar-refractivity contribution in [3.8, 4) is 11.1 Å². The van der Waals surface area contributed by atoms with E-state index < -0.39 is 8.07 Å². The predicted molar refractivity (Wildman–Crippen MR) is 151 cm³/mol. The van der Waals surface area contributed by atoms with Gasteiger partial charge in [-0.2, -0.15) is 0 Å². The summed E-state index contributed by atoms with van der Waals surface area (Å²) in [6, 6.07) is 40.7. The molecule has 0 aliphatic heterocycles. The largest absolute Gasteiger partial charge is 0.0771 e. The van der Waals surface area contributed by atoms with Gasteiger partial charge in [-0.15, -0.1) is 0 Å². The van der Waals surface area contributed by atoms with Crippen LogP contribution in [-0.4, -0.2) is 8.07 Å². The van der Waals surface area contributed by atoms with Crippen molar-refractivity contribution in [2.45, 2.75) is 31.0 Å². The molecule has 6 rings (SSSR count). The molecule has 0 saturated carbocycles. The van der Waals surface area contributed by atoms with Crippen molar-refractivity contribution < 1.29 is 0 Å². The summed E-state index contributed by atoms with van der Waals surface area (Å²) < 4.78 is 0. The van der Waals surface area contributed by atoms with Gasteiger partial charge in [0.05, 0.1) is 8.07 Å². The van der Waals surface area contributed by atoms with Crippen molar-refractivity contribution in [1.82, 2.24) is 0 Å². The van der Waals surface area contributed by atoms with E-state index in [1.54, 1.807) is 5.20 Å². The van der Waals surface area contributed by atoms with Crippen molar-refractivity contribution in [3.63, 3.8) is 0 Å². The van der Waals surface area contributed by atoms with Crippen LogP contribution in [0.4, 0.5) is 0 Å². The Morgan fingerprint density at radius 3 is 1.49 bits per heavy atom. The standard InChI is InChI=1S/C34H32Si/c1-35(2,3)28-23-22-27(24-28)34(25-14-6-4-7-15-25,26-16-8-5-9-17-26)33-31-20-12-10-18-29(31)30-19-11-13-21-32(30)33/h4-24,27,33H,1-3H3. The third kappa shape index (κ3) is 3.41. The van der Waals surface area contributed by atoms with E-state index in [1.807, 2.05) is 0 Å². The van der Waals surface area contributed by atoms with E-state index in [1.165, 1.54) is 33.4 Å². The third-order valence-corrected chi connectivity index (χ3v) is 10.1. The molecule has 1 heteroatoms. The highest BCUT2D eigenvalue weighted by Crippen LogP contribution is 2.60. The fourth-order valence-corrected chi connectivity index (χ4v) is 7.72. The Hall–Kier alpha value is -3.42. The predicted octanol–water partition coefficient (Wildman–Crippen LogP) is 8.78. The van der Waals surface area contributed by atoms with Gasteiger partial charge in [0.2, 0.25) is 0 Å². The SMILES string of the molecule is C[Si](C)(C)C1=CC(C(c2ccccc2)(c2ccccc2)C2c3ccccc3-c3ccccc32)C=C1. The molecule has 2 aliphatic rings. The monoisotopic (exact) mass is 468 g/mol. The van der Waals surface area contributed by atoms with Crippen LogP contribution in [0.15, 0.2) is 133 Å². The minimum Gasteiger partial charge on any atom is -0.0771 e. The maximum Gasteiger partial charge on any atom is 0.0771 e. The lowest BCUT2D eigenvalue weighted by molar-refractivity contribution is 0.395. The van der Waals surface area contributed by atoms with E-state index in [4.69, 9.17) is 0 Å². The number of hydrogen-bond acceptors (Lipinski definition) is 0. The Morgan fingerprint density at radius 1 is 0.571 bits per heavy atom. The summed E-state index contributed by atoms with van der Waals surface area (Å²) in [5, 5.41) is 1.55. The lowest BCUT2D eigenvalue weighted by Crippen LogP contribution is -2.41. The van der Waals surface area contributed by atoms with Gasteiger partial charge in [0.1, 0.15) is 0 Å². The molecule has 0 amide bonds. The third-order valence-electron chi connectivity index (χ3n) is 8.03. The Kier molecular flexibility index (Phi) is 5.27. The minimum atomic E-state index is -1.46. The van der Waals surface area contributed by atoms with Crippen LogP contribution in [0, 0.1) is 5.92 Å². The highest BCUT2D eigenvalue weighted by Gasteiger charge is 2.52. The van der Waals surface area contributed by atoms with E-state index in [2.05, 4.69) is 147 Å². The second kappa shape index (κ2) is 8.36. The van der Waals surface area contributed by atoms with E-state index >= 15 is 0 Å². The van der Waals surface area contributed by atoms with Gasteiger partial charge < -0.3 is 0 Å². The quantitative estimate of drug-likeness (QED) is 0.257. The van der Waals surface area contributed by atoms with Gasteiger partial charge in [0, 0.05) is 17.3 Å². The first kappa shape index (κ1) is 22.1. The fraction of sp³-hybridized carbons (Fsp3) is 0.176. The molecule has 35 heavy (non-hydrogen) atoms. The van der Waals surface area contributed by atoms with Gasteiger partial charge in [-0.3, -0.25) is 0 Å². The summed E-state index contributed by atoms with van der Waals surface area (Å²) in [7, 11) is -1.46. The normalized spacial score (nSPS) is 17.2. The average Bonchev–Trinajstić information content (AvgIpc) is 3.51. The number of allylic oxidation sites excluding steroid dienone is 4. The molecule has 0 spiro atoms. The van der Waals surface area contributed by atoms with Crippen LogP contribution in [-0.2, 0) is 5.41 Å². The second-order valence-corrected chi connectivity index (χ2v) is 16.0. The molecule has 0 radical (unpaired) electrons. The highest BCUT2D eigenvalue weighted by molar-refractivity contribution is 6.83. The number of hydrogen-bond donors (Lipinski definition) is 0. The molecule has 0 aromatic heterocycles. The van der Waals surface area contributed by atoms with Gasteiger partial charge >= 0.3 is 0 Å². The van der Waals surface area contributed by atoms with Crippen LogP contribution in [0.1, 0.15) is 28.2 Å². The second-order valence-electron chi connectivity index (χ2n) is 11.0. The fourth-order valence-electron chi connectivity index (χ4n) is 6.45. The van der Waals surface area contributed by atoms with E-state index in [0.29, 0.717) is 0 Å². The van der Waals surface area contributed by atoms with Crippen LogP contribution in [0.3, 0.4) is 0 Å². The Morgan fingerprint density at radius 2 is 1.03 bits per heavy atom. The summed E-state index contributed by atoms with van der Waals surface area (Å²) in [5.41, 5.74) is 8.12. The smallest absolute Gasteiger partial charge is 0.0771 e. The van der Waals surface area contributed by atoms with Crippen LogP contribution >= 0.6 is 0 Å². The molecule has 0 fully saturated rings. The molecule has 0 N–H and O–H groups in total. The molecule has 4 aromatic carbocycles. The van der Waals surface area contributed by atoms with Crippen LogP contribution in [0.2, 0.25) is 19.6 Å². The summed E-state index contributed by atoms with van der Waals surface area (Å²) in [5.74, 6) is 0.477. The molecular formula is C34H32Si. The summed E-state index contributed by atoms with van der Waals surface area (Å²) >= 11 is 0. The zero-order valence-corrected chi connectivity index (χ0v) is 21.8. The molecule has 172 valence electrons. The lowest BCUT2D eigenvalue weighted by Gasteiger charge is -2.45. The van der Waals surface area contributed by atoms with Gasteiger partial charge in [0.25, 0.3) is 0 Å². The van der Waals surface area contributed by atoms with Crippen molar-refractivity contribution in [3.05, 3.63) is 155 Å². The zero-order valence-electron chi connectivity index (χ0n) is 20.8. The Balaban J connectivity index is 1.73. The Labute approximate surface area is 210 Å². The van der Waals surface area contributed by atoms with Crippen molar-refractivity contribution in [2.24, 2.45) is 5.92 Å². The maximum atomic E-state index is 2.61. The molecule has 1 atom stereocenters. The number of fused-ring (bicyclic) bond motifs is 3. The van der Waals surface area contributed by atoms with Crippen molar-refractivity contribution in [1.29, 1.82) is 0 Å². The molecule has 0 nitrogen and oxygen atoms in total. The molecular weight excluding hydrogens is 436 g/mol. The molecule has 1 unspecified atom stereocenters. The van der Waals surface area contributed by atoms with Gasteiger partial charge in [-0.05, 0) is 33.4 Å². The Bertz CT molecular complexity index is 1340. The van der Waals surface area contributed by atoms with E-state index in [-0.39, 0.29) is 17.3 Å². The summed E-state index contributed by atoms with van der Waals surface area (Å²) in [6.07, 6.45) is 7.54. The van der Waals surface area contributed by atoms with Crippen LogP contribution in [0.5, 0.6) is 0 Å². The first-order valence-corrected chi connectivity index (χ1v) is 16.2. The lowest BCUT2D eigenvalue weighted by atomic mass is 9.56. The van der Waals surface area contributed by atoms with Gasteiger partial charge in [0.15, 0.2) is 0 Å². The number of benzene rings is 4. The summed E-state index contributed by atoms with van der Waals surface area (Å²) in [6.45, 7) is 7.37. The van der Waals surface area contributed by atoms with Crippen LogP contribution < -0.4 is 0 Å². The first-order valence-electron chi connectivity index (χ1n) is 12.7. The molecule has 0 bridgehead atoms. The van der Waals surface area contributed by atoms with E-state index in [9.17, 15) is 0 Å². The average molecular weight is 469 g/mol. The maximum absolute atomic E-state index is 2.61. The van der Waals surface area contributed by atoms with Gasteiger partial charge in [-0.25, -0.2) is 0 Å². The van der Waals surface area contributed by atoms with Crippen LogP contribution in [0.25, 0.3) is 11.1 Å². The highest BCUT2D eigenvalue weighted by atomic mass is 28.3. The molecule has 0 heterocycles. The summed E-state index contributed by atoms with van der Waals surface area (Å²) in [4.78, 5) is 0. The number of rotatable bonds is 5. The zero-order chi connectivity index (χ0) is 24.0. The van der Waals surface area contributed by atoms with Crippen molar-refractivity contribution >= 4 is 8.07 Å². The topological polar surface area (TPSA) is 0 Å². The van der Waals surface area contributed by atoms with E-state index in [0.717, 1.165) is 0 Å².